The summed E-state index contributed by atoms with van der Waals surface area (Å²) in [5, 5.41) is 12.8. The number of anilines is 1. The SMILES string of the molecule is CC(C)NC(=O)C1CCC(N2C(=NC(=O)c3ccc(F)cc3)Cc3ccc(CN4CCCCC4C(=O)O)cc32)CC1.Cl. The molecule has 0 radical (unpaired) electrons. The number of nitrogens with zero attached hydrogens (tertiary/aromatic N) is 3. The summed E-state index contributed by atoms with van der Waals surface area (Å²) in [5.74, 6) is -0.885. The normalized spacial score (nSPS) is 23.4. The summed E-state index contributed by atoms with van der Waals surface area (Å²) in [6, 6.07) is 11.3. The van der Waals surface area contributed by atoms with Gasteiger partial charge in [0, 0.05) is 42.2 Å². The maximum absolute atomic E-state index is 13.5. The highest BCUT2D eigenvalue weighted by Gasteiger charge is 2.37. The molecule has 2 aromatic rings. The van der Waals surface area contributed by atoms with Crippen molar-refractivity contribution in [1.82, 2.24) is 10.2 Å². The van der Waals surface area contributed by atoms with Gasteiger partial charge in [0.05, 0.1) is 0 Å². The van der Waals surface area contributed by atoms with Gasteiger partial charge in [0.15, 0.2) is 0 Å². The molecule has 3 aliphatic rings. The van der Waals surface area contributed by atoms with Crippen LogP contribution < -0.4 is 10.2 Å². The number of hydrogen-bond donors (Lipinski definition) is 2. The van der Waals surface area contributed by atoms with E-state index in [1.165, 1.54) is 24.3 Å². The summed E-state index contributed by atoms with van der Waals surface area (Å²) in [7, 11) is 0. The third kappa shape index (κ3) is 7.18. The van der Waals surface area contributed by atoms with Gasteiger partial charge >= 0.3 is 5.97 Å². The van der Waals surface area contributed by atoms with Gasteiger partial charge in [-0.15, -0.1) is 12.4 Å². The fourth-order valence-electron chi connectivity index (χ4n) is 6.44. The Morgan fingerprint density at radius 2 is 1.74 bits per heavy atom. The van der Waals surface area contributed by atoms with E-state index in [0.29, 0.717) is 30.8 Å². The number of amides is 2. The van der Waals surface area contributed by atoms with E-state index in [1.807, 2.05) is 24.8 Å². The van der Waals surface area contributed by atoms with Gasteiger partial charge < -0.3 is 15.3 Å². The minimum absolute atomic E-state index is 0. The predicted octanol–water partition coefficient (Wildman–Crippen LogP) is 5.37. The highest BCUT2D eigenvalue weighted by molar-refractivity contribution is 6.12. The molecule has 2 aromatic carbocycles. The van der Waals surface area contributed by atoms with Crippen molar-refractivity contribution in [3.8, 4) is 0 Å². The van der Waals surface area contributed by atoms with E-state index < -0.39 is 23.7 Å². The third-order valence-corrected chi connectivity index (χ3v) is 8.51. The van der Waals surface area contributed by atoms with Crippen LogP contribution >= 0.6 is 12.4 Å². The van der Waals surface area contributed by atoms with Gasteiger partial charge in [0.2, 0.25) is 5.91 Å². The molecule has 0 bridgehead atoms. The Morgan fingerprint density at radius 1 is 1.02 bits per heavy atom. The van der Waals surface area contributed by atoms with Crippen LogP contribution in [0.2, 0.25) is 0 Å². The number of rotatable bonds is 7. The Hall–Kier alpha value is -3.30. The lowest BCUT2D eigenvalue weighted by Crippen LogP contribution is -2.44. The topological polar surface area (TPSA) is 102 Å². The van der Waals surface area contributed by atoms with Crippen molar-refractivity contribution in [3.05, 3.63) is 65.0 Å². The van der Waals surface area contributed by atoms with Crippen LogP contribution in [0.1, 0.15) is 80.3 Å². The molecule has 2 amide bonds. The minimum Gasteiger partial charge on any atom is -0.480 e. The number of fused-ring (bicyclic) bond motifs is 1. The Kier molecular flexibility index (Phi) is 10.4. The first-order chi connectivity index (χ1) is 19.7. The van der Waals surface area contributed by atoms with Crippen molar-refractivity contribution < 1.29 is 23.9 Å². The lowest BCUT2D eigenvalue weighted by Gasteiger charge is -2.36. The fraction of sp³-hybridized carbons (Fsp3) is 0.500. The average Bonchev–Trinajstić information content (AvgIpc) is 3.30. The molecule has 8 nitrogen and oxygen atoms in total. The molecule has 226 valence electrons. The summed E-state index contributed by atoms with van der Waals surface area (Å²) in [6.45, 7) is 5.22. The van der Waals surface area contributed by atoms with Crippen LogP contribution in [0.3, 0.4) is 0 Å². The maximum Gasteiger partial charge on any atom is 0.320 e. The standard InChI is InChI=1S/C32H39FN4O4.ClH/c1-20(2)34-30(38)23-10-14-26(15-11-23)37-28-17-21(19-36-16-4-3-5-27(36)32(40)41)6-7-24(28)18-29(37)35-31(39)22-8-12-25(33)13-9-22;/h6-9,12-13,17,20,23,26-27H,3-5,10-11,14-16,18-19H2,1-2H3,(H,34,38)(H,40,41);1H. The van der Waals surface area contributed by atoms with Crippen molar-refractivity contribution in [2.24, 2.45) is 10.9 Å². The van der Waals surface area contributed by atoms with Crippen molar-refractivity contribution in [1.29, 1.82) is 0 Å². The molecule has 5 rings (SSSR count). The van der Waals surface area contributed by atoms with Gasteiger partial charge in [-0.05, 0) is 100 Å². The van der Waals surface area contributed by atoms with E-state index in [2.05, 4.69) is 27.3 Å². The van der Waals surface area contributed by atoms with Crippen LogP contribution in [0.5, 0.6) is 0 Å². The van der Waals surface area contributed by atoms with Crippen LogP contribution in [0, 0.1) is 11.7 Å². The number of halogens is 2. The molecule has 1 atom stereocenters. The smallest absolute Gasteiger partial charge is 0.320 e. The van der Waals surface area contributed by atoms with Crippen molar-refractivity contribution in [2.75, 3.05) is 11.4 Å². The van der Waals surface area contributed by atoms with Crippen LogP contribution in [0.25, 0.3) is 0 Å². The highest BCUT2D eigenvalue weighted by Crippen LogP contribution is 2.38. The molecule has 0 spiro atoms. The molecular weight excluding hydrogens is 559 g/mol. The summed E-state index contributed by atoms with van der Waals surface area (Å²) >= 11 is 0. The number of carboxylic acids is 1. The van der Waals surface area contributed by atoms with Crippen LogP contribution in [0.4, 0.5) is 10.1 Å². The molecule has 1 unspecified atom stereocenters. The quantitative estimate of drug-likeness (QED) is 0.444. The molecule has 1 saturated carbocycles. The Balaban J connectivity index is 0.00000405. The summed E-state index contributed by atoms with van der Waals surface area (Å²) in [4.78, 5) is 46.4. The number of benzene rings is 2. The van der Waals surface area contributed by atoms with E-state index in [9.17, 15) is 23.9 Å². The van der Waals surface area contributed by atoms with Crippen molar-refractivity contribution >= 4 is 41.7 Å². The van der Waals surface area contributed by atoms with Gasteiger partial charge in [-0.2, -0.15) is 4.99 Å². The lowest BCUT2D eigenvalue weighted by atomic mass is 9.84. The van der Waals surface area contributed by atoms with Crippen molar-refractivity contribution in [3.63, 3.8) is 0 Å². The number of nitrogens with one attached hydrogen (secondary N) is 1. The maximum atomic E-state index is 13.5. The molecule has 1 saturated heterocycles. The Morgan fingerprint density at radius 3 is 2.40 bits per heavy atom. The number of likely N-dealkylation sites (tertiary alicyclic amines) is 1. The lowest BCUT2D eigenvalue weighted by molar-refractivity contribution is -0.144. The number of piperidine rings is 1. The van der Waals surface area contributed by atoms with E-state index in [0.717, 1.165) is 61.9 Å². The summed E-state index contributed by atoms with van der Waals surface area (Å²) in [6.07, 6.45) is 6.14. The number of aliphatic imine (C=N–C) groups is 1. The zero-order valence-electron chi connectivity index (χ0n) is 24.2. The molecule has 2 fully saturated rings. The number of carbonyl (C=O) groups is 3. The first-order valence-electron chi connectivity index (χ1n) is 14.8. The Bertz CT molecular complexity index is 1320. The number of carbonyl (C=O) groups excluding carboxylic acids is 2. The zero-order chi connectivity index (χ0) is 29.1. The molecule has 42 heavy (non-hydrogen) atoms. The average molecular weight is 599 g/mol. The van der Waals surface area contributed by atoms with E-state index >= 15 is 0 Å². The zero-order valence-corrected chi connectivity index (χ0v) is 25.0. The number of carboxylic acid groups (broad SMARTS) is 1. The largest absolute Gasteiger partial charge is 0.480 e. The third-order valence-electron chi connectivity index (χ3n) is 8.51. The van der Waals surface area contributed by atoms with Gasteiger partial charge in [-0.1, -0.05) is 18.6 Å². The molecular formula is C32H40ClFN4O4. The van der Waals surface area contributed by atoms with Crippen LogP contribution in [-0.4, -0.2) is 58.3 Å². The predicted molar refractivity (Wildman–Crippen MR) is 163 cm³/mol. The number of hydrogen-bond acceptors (Lipinski definition) is 4. The van der Waals surface area contributed by atoms with E-state index in [1.54, 1.807) is 0 Å². The molecule has 10 heteroatoms. The van der Waals surface area contributed by atoms with Gasteiger partial charge in [0.1, 0.15) is 17.7 Å². The summed E-state index contributed by atoms with van der Waals surface area (Å²) < 4.78 is 13.5. The van der Waals surface area contributed by atoms with Crippen molar-refractivity contribution in [2.45, 2.75) is 89.9 Å². The second-order valence-electron chi connectivity index (χ2n) is 11.8. The Labute approximate surface area is 252 Å². The number of aliphatic carboxylic acids is 1. The van der Waals surface area contributed by atoms with E-state index in [4.69, 9.17) is 0 Å². The molecule has 2 aliphatic heterocycles. The summed E-state index contributed by atoms with van der Waals surface area (Å²) in [5.41, 5.74) is 3.41. The van der Waals surface area contributed by atoms with Gasteiger partial charge in [-0.25, -0.2) is 4.39 Å². The van der Waals surface area contributed by atoms with Gasteiger partial charge in [0.25, 0.3) is 5.91 Å². The molecule has 2 N–H and O–H groups in total. The van der Waals surface area contributed by atoms with Crippen LogP contribution in [0.15, 0.2) is 47.5 Å². The second-order valence-corrected chi connectivity index (χ2v) is 11.8. The van der Waals surface area contributed by atoms with Gasteiger partial charge in [-0.3, -0.25) is 19.3 Å². The number of amidine groups is 1. The molecule has 1 aliphatic carbocycles. The van der Waals surface area contributed by atoms with Crippen LogP contribution in [-0.2, 0) is 22.6 Å². The first kappa shape index (κ1) is 31.6. The highest BCUT2D eigenvalue weighted by atomic mass is 35.5. The second kappa shape index (κ2) is 13.8. The minimum atomic E-state index is -0.778. The fourth-order valence-corrected chi connectivity index (χ4v) is 6.44. The molecule has 2 heterocycles. The van der Waals surface area contributed by atoms with E-state index in [-0.39, 0.29) is 36.3 Å². The first-order valence-corrected chi connectivity index (χ1v) is 14.8. The monoisotopic (exact) mass is 598 g/mol. The molecule has 0 aromatic heterocycles.